The average molecular weight is 279 g/mol. The van der Waals surface area contributed by atoms with Gasteiger partial charge in [0.25, 0.3) is 0 Å². The average Bonchev–Trinajstić information content (AvgIpc) is 2.40. The molecule has 0 saturated heterocycles. The van der Waals surface area contributed by atoms with Crippen molar-refractivity contribution in [3.8, 4) is 0 Å². The summed E-state index contributed by atoms with van der Waals surface area (Å²) in [5.41, 5.74) is 1.13. The van der Waals surface area contributed by atoms with Crippen molar-refractivity contribution in [3.63, 3.8) is 0 Å². The van der Waals surface area contributed by atoms with E-state index in [1.165, 1.54) is 0 Å². The minimum atomic E-state index is -0.565. The molecule has 112 valence electrons. The predicted octanol–water partition coefficient (Wildman–Crippen LogP) is 1.72. The maximum absolute atomic E-state index is 11.5. The molecule has 1 unspecified atom stereocenters. The van der Waals surface area contributed by atoms with Gasteiger partial charge in [-0.2, -0.15) is 0 Å². The maximum Gasteiger partial charge on any atom is 0.222 e. The molecule has 1 aromatic heterocycles. The van der Waals surface area contributed by atoms with Gasteiger partial charge >= 0.3 is 0 Å². The lowest BCUT2D eigenvalue weighted by Gasteiger charge is -2.14. The molecule has 1 aromatic rings. The molecule has 0 aromatic carbocycles. The van der Waals surface area contributed by atoms with Crippen molar-refractivity contribution in [2.24, 2.45) is 5.92 Å². The van der Waals surface area contributed by atoms with E-state index < -0.39 is 6.10 Å². The van der Waals surface area contributed by atoms with Gasteiger partial charge in [-0.3, -0.25) is 4.79 Å². The molecule has 5 nitrogen and oxygen atoms in total. The Bertz CT molecular complexity index is 404. The molecule has 1 amide bonds. The van der Waals surface area contributed by atoms with Crippen molar-refractivity contribution in [1.29, 1.82) is 0 Å². The molecule has 0 aliphatic rings. The number of carbonyl (C=O) groups is 1. The van der Waals surface area contributed by atoms with E-state index in [0.717, 1.165) is 24.3 Å². The zero-order valence-corrected chi connectivity index (χ0v) is 12.5. The number of carbonyl (C=O) groups excluding carboxylic acids is 1. The largest absolute Gasteiger partial charge is 0.392 e. The summed E-state index contributed by atoms with van der Waals surface area (Å²) in [6.07, 6.45) is 2.24. The first-order valence-electron chi connectivity index (χ1n) is 7.10. The van der Waals surface area contributed by atoms with Crippen molar-refractivity contribution in [2.45, 2.75) is 39.7 Å². The van der Waals surface area contributed by atoms with E-state index in [2.05, 4.69) is 15.6 Å². The second-order valence-corrected chi connectivity index (χ2v) is 5.37. The lowest BCUT2D eigenvalue weighted by Crippen LogP contribution is -2.30. The monoisotopic (exact) mass is 279 g/mol. The number of rotatable bonds is 8. The molecule has 0 bridgehead atoms. The van der Waals surface area contributed by atoms with Gasteiger partial charge in [0.2, 0.25) is 5.91 Å². The van der Waals surface area contributed by atoms with Crippen molar-refractivity contribution in [3.05, 3.63) is 23.9 Å². The van der Waals surface area contributed by atoms with E-state index in [1.54, 1.807) is 0 Å². The zero-order chi connectivity index (χ0) is 15.0. The van der Waals surface area contributed by atoms with Crippen LogP contribution in [0.5, 0.6) is 0 Å². The van der Waals surface area contributed by atoms with Crippen LogP contribution in [0.1, 0.15) is 32.3 Å². The summed E-state index contributed by atoms with van der Waals surface area (Å²) in [5.74, 6) is 0.854. The summed E-state index contributed by atoms with van der Waals surface area (Å²) in [6.45, 7) is 7.15. The van der Waals surface area contributed by atoms with Crippen molar-refractivity contribution in [1.82, 2.24) is 10.3 Å². The number of hydrogen-bond acceptors (Lipinski definition) is 4. The molecule has 5 heteroatoms. The molecule has 0 aliphatic carbocycles. The van der Waals surface area contributed by atoms with E-state index in [-0.39, 0.29) is 18.2 Å². The molecular weight excluding hydrogens is 254 g/mol. The quantitative estimate of drug-likeness (QED) is 0.633. The van der Waals surface area contributed by atoms with Crippen LogP contribution >= 0.6 is 0 Å². The van der Waals surface area contributed by atoms with Crippen LogP contribution in [0.2, 0.25) is 0 Å². The van der Waals surface area contributed by atoms with Gasteiger partial charge in [0.15, 0.2) is 0 Å². The van der Waals surface area contributed by atoms with Gasteiger partial charge < -0.3 is 15.7 Å². The summed E-state index contributed by atoms with van der Waals surface area (Å²) in [4.78, 5) is 15.8. The summed E-state index contributed by atoms with van der Waals surface area (Å²) in [6, 6.07) is 3.94. The fourth-order valence-corrected chi connectivity index (χ4v) is 1.60. The standard InChI is InChI=1S/C15H25N3O2/c1-11(2)13(19)9-15(20)17-8-4-7-16-14-6-5-12(3)10-18-14/h5-6,10-11,13,19H,4,7-9H2,1-3H3,(H,16,18)(H,17,20). The maximum atomic E-state index is 11.5. The van der Waals surface area contributed by atoms with Crippen LogP contribution in [0.3, 0.4) is 0 Å². The Kier molecular flexibility index (Phi) is 7.01. The first-order chi connectivity index (χ1) is 9.49. The highest BCUT2D eigenvalue weighted by atomic mass is 16.3. The second-order valence-electron chi connectivity index (χ2n) is 5.37. The Labute approximate surface area is 120 Å². The van der Waals surface area contributed by atoms with Crippen LogP contribution in [0.15, 0.2) is 18.3 Å². The van der Waals surface area contributed by atoms with Crippen LogP contribution in [0.25, 0.3) is 0 Å². The molecule has 20 heavy (non-hydrogen) atoms. The summed E-state index contributed by atoms with van der Waals surface area (Å²) in [7, 11) is 0. The molecule has 1 rings (SSSR count). The van der Waals surface area contributed by atoms with E-state index in [4.69, 9.17) is 0 Å². The van der Waals surface area contributed by atoms with Gasteiger partial charge in [0.05, 0.1) is 12.5 Å². The Balaban J connectivity index is 2.10. The van der Waals surface area contributed by atoms with E-state index in [1.807, 2.05) is 39.1 Å². The number of aromatic nitrogens is 1. The first-order valence-corrected chi connectivity index (χ1v) is 7.10. The third-order valence-corrected chi connectivity index (χ3v) is 3.06. The number of amides is 1. The normalized spacial score (nSPS) is 12.2. The molecule has 0 fully saturated rings. The van der Waals surface area contributed by atoms with Crippen molar-refractivity contribution >= 4 is 11.7 Å². The summed E-state index contributed by atoms with van der Waals surface area (Å²) in [5, 5.41) is 15.6. The second kappa shape index (κ2) is 8.53. The van der Waals surface area contributed by atoms with E-state index in [9.17, 15) is 9.90 Å². The highest BCUT2D eigenvalue weighted by molar-refractivity contribution is 5.76. The predicted molar refractivity (Wildman–Crippen MR) is 80.6 cm³/mol. The number of nitrogens with zero attached hydrogens (tertiary/aromatic N) is 1. The van der Waals surface area contributed by atoms with Crippen molar-refractivity contribution < 1.29 is 9.90 Å². The number of nitrogens with one attached hydrogen (secondary N) is 2. The summed E-state index contributed by atoms with van der Waals surface area (Å²) >= 11 is 0. The Morgan fingerprint density at radius 1 is 1.35 bits per heavy atom. The molecule has 0 radical (unpaired) electrons. The highest BCUT2D eigenvalue weighted by Gasteiger charge is 2.13. The van der Waals surface area contributed by atoms with Crippen LogP contribution in [0.4, 0.5) is 5.82 Å². The zero-order valence-electron chi connectivity index (χ0n) is 12.5. The molecular formula is C15H25N3O2. The Morgan fingerprint density at radius 3 is 2.70 bits per heavy atom. The lowest BCUT2D eigenvalue weighted by atomic mass is 10.0. The minimum Gasteiger partial charge on any atom is -0.392 e. The third-order valence-electron chi connectivity index (χ3n) is 3.06. The molecule has 3 N–H and O–H groups in total. The molecule has 0 aliphatic heterocycles. The number of aryl methyl sites for hydroxylation is 1. The van der Waals surface area contributed by atoms with Crippen LogP contribution in [-0.4, -0.2) is 35.2 Å². The number of aliphatic hydroxyl groups excluding tert-OH is 1. The topological polar surface area (TPSA) is 74.2 Å². The van der Waals surface area contributed by atoms with Gasteiger partial charge in [-0.15, -0.1) is 0 Å². The van der Waals surface area contributed by atoms with Crippen LogP contribution in [0, 0.1) is 12.8 Å². The Morgan fingerprint density at radius 2 is 2.10 bits per heavy atom. The molecule has 1 heterocycles. The van der Waals surface area contributed by atoms with E-state index in [0.29, 0.717) is 6.54 Å². The third kappa shape index (κ3) is 6.52. The molecule has 0 spiro atoms. The molecule has 1 atom stereocenters. The number of pyridine rings is 1. The van der Waals surface area contributed by atoms with Gasteiger partial charge in [-0.05, 0) is 30.9 Å². The van der Waals surface area contributed by atoms with Gasteiger partial charge in [0, 0.05) is 19.3 Å². The van der Waals surface area contributed by atoms with Crippen LogP contribution in [-0.2, 0) is 4.79 Å². The van der Waals surface area contributed by atoms with Crippen LogP contribution < -0.4 is 10.6 Å². The Hall–Kier alpha value is -1.62. The van der Waals surface area contributed by atoms with Gasteiger partial charge in [-0.1, -0.05) is 19.9 Å². The fourth-order valence-electron chi connectivity index (χ4n) is 1.60. The number of anilines is 1. The lowest BCUT2D eigenvalue weighted by molar-refractivity contribution is -0.123. The fraction of sp³-hybridized carbons (Fsp3) is 0.600. The van der Waals surface area contributed by atoms with Crippen molar-refractivity contribution in [2.75, 3.05) is 18.4 Å². The SMILES string of the molecule is Cc1ccc(NCCCNC(=O)CC(O)C(C)C)nc1. The number of aliphatic hydroxyl groups is 1. The first kappa shape index (κ1) is 16.4. The van der Waals surface area contributed by atoms with Gasteiger partial charge in [0.1, 0.15) is 5.82 Å². The number of hydrogen-bond donors (Lipinski definition) is 3. The minimum absolute atomic E-state index is 0.0975. The van der Waals surface area contributed by atoms with E-state index >= 15 is 0 Å². The molecule has 0 saturated carbocycles. The van der Waals surface area contributed by atoms with Gasteiger partial charge in [-0.25, -0.2) is 4.98 Å². The summed E-state index contributed by atoms with van der Waals surface area (Å²) < 4.78 is 0. The highest BCUT2D eigenvalue weighted by Crippen LogP contribution is 2.05. The smallest absolute Gasteiger partial charge is 0.222 e.